The lowest BCUT2D eigenvalue weighted by Gasteiger charge is -2.06. The standard InChI is InChI=1S/C14H13N3O4/c1-2-20-9-3-4-12-11(7-9)10(5-6-15-12)13-16-17(8-18)14(19)21-13/h3-7,18H,2,8H2,1H3. The third-order valence-electron chi connectivity index (χ3n) is 2.99. The first kappa shape index (κ1) is 13.3. The Morgan fingerprint density at radius 2 is 2.24 bits per heavy atom. The number of ether oxygens (including phenoxy) is 1. The van der Waals surface area contributed by atoms with Gasteiger partial charge in [-0.15, -0.1) is 5.10 Å². The largest absolute Gasteiger partial charge is 0.494 e. The average molecular weight is 287 g/mol. The number of hydrogen-bond donors (Lipinski definition) is 1. The monoisotopic (exact) mass is 287 g/mol. The lowest BCUT2D eigenvalue weighted by molar-refractivity contribution is 0.186. The molecule has 0 radical (unpaired) electrons. The molecule has 0 aliphatic carbocycles. The summed E-state index contributed by atoms with van der Waals surface area (Å²) in [6.07, 6.45) is 1.61. The van der Waals surface area contributed by atoms with Crippen LogP contribution in [0.2, 0.25) is 0 Å². The summed E-state index contributed by atoms with van der Waals surface area (Å²) >= 11 is 0. The number of aliphatic hydroxyl groups excluding tert-OH is 1. The van der Waals surface area contributed by atoms with Crippen molar-refractivity contribution in [3.63, 3.8) is 0 Å². The van der Waals surface area contributed by atoms with E-state index in [2.05, 4.69) is 10.1 Å². The van der Waals surface area contributed by atoms with Crippen molar-refractivity contribution in [1.82, 2.24) is 14.8 Å². The van der Waals surface area contributed by atoms with Gasteiger partial charge in [0.15, 0.2) is 0 Å². The minimum Gasteiger partial charge on any atom is -0.494 e. The summed E-state index contributed by atoms with van der Waals surface area (Å²) in [5, 5.41) is 13.7. The number of pyridine rings is 1. The highest BCUT2D eigenvalue weighted by Gasteiger charge is 2.13. The molecule has 108 valence electrons. The fourth-order valence-electron chi connectivity index (χ4n) is 2.07. The van der Waals surface area contributed by atoms with Crippen LogP contribution in [0, 0.1) is 0 Å². The van der Waals surface area contributed by atoms with Gasteiger partial charge in [-0.1, -0.05) is 0 Å². The van der Waals surface area contributed by atoms with E-state index in [1.165, 1.54) is 0 Å². The Bertz CT molecular complexity index is 838. The molecule has 0 spiro atoms. The molecule has 2 heterocycles. The molecular formula is C14H13N3O4. The van der Waals surface area contributed by atoms with Crippen LogP contribution in [0.4, 0.5) is 0 Å². The van der Waals surface area contributed by atoms with Gasteiger partial charge < -0.3 is 14.3 Å². The van der Waals surface area contributed by atoms with Crippen molar-refractivity contribution in [3.05, 3.63) is 41.0 Å². The van der Waals surface area contributed by atoms with E-state index < -0.39 is 12.5 Å². The third kappa shape index (κ3) is 2.38. The average Bonchev–Trinajstić information content (AvgIpc) is 2.88. The molecule has 0 aliphatic rings. The van der Waals surface area contributed by atoms with E-state index in [1.54, 1.807) is 12.3 Å². The van der Waals surface area contributed by atoms with Gasteiger partial charge in [-0.25, -0.2) is 4.79 Å². The van der Waals surface area contributed by atoms with Crippen LogP contribution in [-0.2, 0) is 6.73 Å². The van der Waals surface area contributed by atoms with Crippen molar-refractivity contribution in [1.29, 1.82) is 0 Å². The molecule has 0 bridgehead atoms. The van der Waals surface area contributed by atoms with Gasteiger partial charge in [0.1, 0.15) is 12.5 Å². The number of aromatic nitrogens is 3. The molecular weight excluding hydrogens is 274 g/mol. The topological polar surface area (TPSA) is 90.4 Å². The van der Waals surface area contributed by atoms with Crippen molar-refractivity contribution < 1.29 is 14.3 Å². The first-order valence-corrected chi connectivity index (χ1v) is 6.43. The van der Waals surface area contributed by atoms with Crippen LogP contribution in [0.15, 0.2) is 39.7 Å². The Labute approximate surface area is 119 Å². The highest BCUT2D eigenvalue weighted by molar-refractivity contribution is 5.92. The number of rotatable bonds is 4. The van der Waals surface area contributed by atoms with Crippen molar-refractivity contribution in [2.75, 3.05) is 6.61 Å². The molecule has 1 N–H and O–H groups in total. The maximum Gasteiger partial charge on any atom is 0.439 e. The first-order chi connectivity index (χ1) is 10.2. The molecule has 3 aromatic rings. The SMILES string of the molecule is CCOc1ccc2nccc(-c3nn(CO)c(=O)o3)c2c1. The van der Waals surface area contributed by atoms with Crippen molar-refractivity contribution in [2.45, 2.75) is 13.7 Å². The highest BCUT2D eigenvalue weighted by Crippen LogP contribution is 2.28. The lowest BCUT2D eigenvalue weighted by atomic mass is 10.1. The van der Waals surface area contributed by atoms with Gasteiger partial charge in [0.05, 0.1) is 12.1 Å². The molecule has 0 amide bonds. The molecule has 0 saturated heterocycles. The van der Waals surface area contributed by atoms with Crippen LogP contribution in [-0.4, -0.2) is 26.5 Å². The summed E-state index contributed by atoms with van der Waals surface area (Å²) in [4.78, 5) is 15.7. The van der Waals surface area contributed by atoms with Crippen LogP contribution >= 0.6 is 0 Å². The van der Waals surface area contributed by atoms with Crippen molar-refractivity contribution >= 4 is 10.9 Å². The minimum atomic E-state index is -0.710. The maximum absolute atomic E-state index is 11.5. The second-order valence-electron chi connectivity index (χ2n) is 4.28. The maximum atomic E-state index is 11.5. The van der Waals surface area contributed by atoms with Gasteiger partial charge in [0.25, 0.3) is 0 Å². The summed E-state index contributed by atoms with van der Waals surface area (Å²) in [7, 11) is 0. The fraction of sp³-hybridized carbons (Fsp3) is 0.214. The second-order valence-corrected chi connectivity index (χ2v) is 4.28. The zero-order valence-electron chi connectivity index (χ0n) is 11.3. The quantitative estimate of drug-likeness (QED) is 0.780. The lowest BCUT2D eigenvalue weighted by Crippen LogP contribution is -2.15. The summed E-state index contributed by atoms with van der Waals surface area (Å²) < 4.78 is 11.4. The molecule has 0 atom stereocenters. The molecule has 0 aliphatic heterocycles. The Kier molecular flexibility index (Phi) is 3.41. The zero-order valence-corrected chi connectivity index (χ0v) is 11.3. The number of hydrogen-bond acceptors (Lipinski definition) is 6. The molecule has 7 nitrogen and oxygen atoms in total. The van der Waals surface area contributed by atoms with Gasteiger partial charge in [-0.05, 0) is 31.2 Å². The molecule has 2 aromatic heterocycles. The van der Waals surface area contributed by atoms with E-state index in [0.29, 0.717) is 17.9 Å². The summed E-state index contributed by atoms with van der Waals surface area (Å²) in [6.45, 7) is 1.92. The van der Waals surface area contributed by atoms with Gasteiger partial charge in [-0.3, -0.25) is 4.98 Å². The predicted molar refractivity (Wildman–Crippen MR) is 74.9 cm³/mol. The Morgan fingerprint density at radius 1 is 1.38 bits per heavy atom. The van der Waals surface area contributed by atoms with Crippen molar-refractivity contribution in [3.8, 4) is 17.2 Å². The summed E-state index contributed by atoms with van der Waals surface area (Å²) in [5.74, 6) is 0.122. The van der Waals surface area contributed by atoms with E-state index in [1.807, 2.05) is 25.1 Å². The van der Waals surface area contributed by atoms with E-state index in [9.17, 15) is 4.79 Å². The second kappa shape index (κ2) is 5.37. The van der Waals surface area contributed by atoms with Gasteiger partial charge in [0, 0.05) is 17.1 Å². The Morgan fingerprint density at radius 3 is 2.95 bits per heavy atom. The van der Waals surface area contributed by atoms with Crippen LogP contribution in [0.1, 0.15) is 6.92 Å². The number of aliphatic hydroxyl groups is 1. The Balaban J connectivity index is 2.20. The van der Waals surface area contributed by atoms with Gasteiger partial charge >= 0.3 is 5.76 Å². The smallest absolute Gasteiger partial charge is 0.439 e. The molecule has 0 saturated carbocycles. The zero-order chi connectivity index (χ0) is 14.8. The highest BCUT2D eigenvalue weighted by atomic mass is 16.5. The third-order valence-corrected chi connectivity index (χ3v) is 2.99. The van der Waals surface area contributed by atoms with E-state index in [4.69, 9.17) is 14.3 Å². The molecule has 0 fully saturated rings. The van der Waals surface area contributed by atoms with Crippen LogP contribution in [0.5, 0.6) is 5.75 Å². The van der Waals surface area contributed by atoms with Crippen LogP contribution in [0.3, 0.4) is 0 Å². The van der Waals surface area contributed by atoms with Crippen LogP contribution < -0.4 is 10.5 Å². The number of fused-ring (bicyclic) bond motifs is 1. The molecule has 21 heavy (non-hydrogen) atoms. The minimum absolute atomic E-state index is 0.134. The van der Waals surface area contributed by atoms with E-state index in [-0.39, 0.29) is 5.89 Å². The predicted octanol–water partition coefficient (Wildman–Crippen LogP) is 1.40. The molecule has 1 aromatic carbocycles. The number of nitrogens with zero attached hydrogens (tertiary/aromatic N) is 3. The van der Waals surface area contributed by atoms with E-state index >= 15 is 0 Å². The number of benzene rings is 1. The summed E-state index contributed by atoms with van der Waals surface area (Å²) in [5.41, 5.74) is 1.35. The Hall–Kier alpha value is -2.67. The normalized spacial score (nSPS) is 11.0. The first-order valence-electron chi connectivity index (χ1n) is 6.43. The van der Waals surface area contributed by atoms with Gasteiger partial charge in [-0.2, -0.15) is 4.68 Å². The van der Waals surface area contributed by atoms with Crippen molar-refractivity contribution in [2.24, 2.45) is 0 Å². The molecule has 0 unspecified atom stereocenters. The molecule has 7 heteroatoms. The van der Waals surface area contributed by atoms with Crippen LogP contribution in [0.25, 0.3) is 22.4 Å². The summed E-state index contributed by atoms with van der Waals surface area (Å²) in [6, 6.07) is 7.17. The van der Waals surface area contributed by atoms with Gasteiger partial charge in [0.2, 0.25) is 5.89 Å². The fourth-order valence-corrected chi connectivity index (χ4v) is 2.07. The molecule has 3 rings (SSSR count). The van der Waals surface area contributed by atoms with E-state index in [0.717, 1.165) is 15.6 Å².